The first-order chi connectivity index (χ1) is 19.7. The van der Waals surface area contributed by atoms with Crippen LogP contribution in [0.1, 0.15) is 146 Å². The lowest BCUT2D eigenvalue weighted by atomic mass is 9.84. The van der Waals surface area contributed by atoms with Crippen molar-refractivity contribution in [3.63, 3.8) is 0 Å². The van der Waals surface area contributed by atoms with E-state index in [1.807, 2.05) is 13.8 Å². The molecular weight excluding hydrogens is 524 g/mol. The summed E-state index contributed by atoms with van der Waals surface area (Å²) in [4.78, 5) is 39.5. The number of hydrogen-bond donors (Lipinski definition) is 4. The van der Waals surface area contributed by atoms with Crippen LogP contribution in [0.5, 0.6) is 0 Å². The van der Waals surface area contributed by atoms with Crippen LogP contribution in [-0.4, -0.2) is 66.7 Å². The highest BCUT2D eigenvalue weighted by Crippen LogP contribution is 2.22. The molecule has 0 aromatic rings. The highest BCUT2D eigenvalue weighted by Gasteiger charge is 2.28. The van der Waals surface area contributed by atoms with Crippen LogP contribution in [0.25, 0.3) is 0 Å². The molecule has 0 rings (SSSR count). The summed E-state index contributed by atoms with van der Waals surface area (Å²) in [6, 6.07) is 1.18. The molecule has 0 spiro atoms. The van der Waals surface area contributed by atoms with E-state index in [0.29, 0.717) is 30.7 Å². The summed E-state index contributed by atoms with van der Waals surface area (Å²) in [6.07, 6.45) is 10.0. The van der Waals surface area contributed by atoms with Gasteiger partial charge in [0.1, 0.15) is 17.3 Å². The average molecular weight is 595 g/mol. The van der Waals surface area contributed by atoms with Gasteiger partial charge in [-0.05, 0) is 51.6 Å². The topological polar surface area (TPSA) is 99.3 Å². The van der Waals surface area contributed by atoms with Gasteiger partial charge < -0.3 is 21.3 Å². The number of ketones is 3. The standard InChI is InChI=1S/C35H70N4O3/c1-25(2)35(42)30(24-34(41)32(39-29(9)10)20-15-17-23-37-27(5)6)18-12-11-13-21-33(40)31(38-28(7)8)19-14-16-22-36-26(3)4/h25-32,36-39H,11-24H2,1-10H3. The molecule has 0 aromatic heterocycles. The number of rotatable bonds is 28. The molecule has 0 aliphatic rings. The van der Waals surface area contributed by atoms with E-state index in [2.05, 4.69) is 76.7 Å². The minimum Gasteiger partial charge on any atom is -0.315 e. The van der Waals surface area contributed by atoms with E-state index in [9.17, 15) is 14.4 Å². The van der Waals surface area contributed by atoms with E-state index in [1.165, 1.54) is 0 Å². The molecule has 0 radical (unpaired) electrons. The number of hydrogen-bond acceptors (Lipinski definition) is 7. The molecular formula is C35H70N4O3. The molecule has 0 aromatic carbocycles. The van der Waals surface area contributed by atoms with Crippen molar-refractivity contribution in [3.8, 4) is 0 Å². The van der Waals surface area contributed by atoms with Gasteiger partial charge in [0.05, 0.1) is 12.1 Å². The van der Waals surface area contributed by atoms with Crippen molar-refractivity contribution < 1.29 is 14.4 Å². The highest BCUT2D eigenvalue weighted by molar-refractivity contribution is 5.91. The number of carbonyl (C=O) groups is 3. The van der Waals surface area contributed by atoms with E-state index in [-0.39, 0.29) is 47.6 Å². The Morgan fingerprint density at radius 1 is 0.500 bits per heavy atom. The van der Waals surface area contributed by atoms with Crippen molar-refractivity contribution in [2.45, 2.75) is 183 Å². The molecule has 4 N–H and O–H groups in total. The van der Waals surface area contributed by atoms with E-state index < -0.39 is 0 Å². The maximum atomic E-state index is 13.4. The fraction of sp³-hybridized carbons (Fsp3) is 0.914. The second-order valence-corrected chi connectivity index (χ2v) is 13.9. The van der Waals surface area contributed by atoms with Crippen molar-refractivity contribution in [1.29, 1.82) is 0 Å². The van der Waals surface area contributed by atoms with Gasteiger partial charge in [-0.1, -0.05) is 94.9 Å². The zero-order chi connectivity index (χ0) is 32.1. The maximum Gasteiger partial charge on any atom is 0.150 e. The van der Waals surface area contributed by atoms with E-state index in [4.69, 9.17) is 0 Å². The quantitative estimate of drug-likeness (QED) is 0.0781. The van der Waals surface area contributed by atoms with E-state index in [1.54, 1.807) is 0 Å². The molecule has 0 bridgehead atoms. The minimum atomic E-state index is -0.234. The van der Waals surface area contributed by atoms with Crippen LogP contribution in [0.4, 0.5) is 0 Å². The van der Waals surface area contributed by atoms with Crippen molar-refractivity contribution in [3.05, 3.63) is 0 Å². The second-order valence-electron chi connectivity index (χ2n) is 13.9. The van der Waals surface area contributed by atoms with Crippen LogP contribution in [0.15, 0.2) is 0 Å². The predicted octanol–water partition coefficient (Wildman–Crippen LogP) is 6.38. The Bertz CT molecular complexity index is 721. The minimum absolute atomic E-state index is 0.0801. The summed E-state index contributed by atoms with van der Waals surface area (Å²) >= 11 is 0. The van der Waals surface area contributed by atoms with Crippen LogP contribution >= 0.6 is 0 Å². The summed E-state index contributed by atoms with van der Waals surface area (Å²) in [5, 5.41) is 13.8. The Kier molecular flexibility index (Phi) is 23.5. The second kappa shape index (κ2) is 24.2. The monoisotopic (exact) mass is 595 g/mol. The Labute approximate surface area is 260 Å². The van der Waals surface area contributed by atoms with E-state index in [0.717, 1.165) is 77.3 Å². The van der Waals surface area contributed by atoms with E-state index >= 15 is 0 Å². The Hall–Kier alpha value is -1.15. The van der Waals surface area contributed by atoms with Gasteiger partial charge in [-0.15, -0.1) is 0 Å². The number of carbonyl (C=O) groups excluding carboxylic acids is 3. The summed E-state index contributed by atoms with van der Waals surface area (Å²) in [6.45, 7) is 22.8. The van der Waals surface area contributed by atoms with Crippen LogP contribution in [0, 0.1) is 11.8 Å². The van der Waals surface area contributed by atoms with Gasteiger partial charge in [-0.3, -0.25) is 14.4 Å². The van der Waals surface area contributed by atoms with Crippen molar-refractivity contribution >= 4 is 17.3 Å². The van der Waals surface area contributed by atoms with Crippen LogP contribution in [0.2, 0.25) is 0 Å². The summed E-state index contributed by atoms with van der Waals surface area (Å²) < 4.78 is 0. The first-order valence-electron chi connectivity index (χ1n) is 17.3. The number of Topliss-reactive ketones (excluding diaryl/α,β-unsaturated/α-hetero) is 3. The number of nitrogens with one attached hydrogen (secondary N) is 4. The van der Waals surface area contributed by atoms with Gasteiger partial charge in [-0.2, -0.15) is 0 Å². The highest BCUT2D eigenvalue weighted by atomic mass is 16.1. The third kappa shape index (κ3) is 21.5. The molecule has 7 heteroatoms. The van der Waals surface area contributed by atoms with Gasteiger partial charge in [0.15, 0.2) is 0 Å². The first-order valence-corrected chi connectivity index (χ1v) is 17.3. The van der Waals surface area contributed by atoms with Crippen LogP contribution in [0.3, 0.4) is 0 Å². The number of unbranched alkanes of at least 4 members (excludes halogenated alkanes) is 4. The molecule has 0 heterocycles. The molecule has 248 valence electrons. The molecule has 7 nitrogen and oxygen atoms in total. The molecule has 0 saturated carbocycles. The molecule has 0 aliphatic heterocycles. The smallest absolute Gasteiger partial charge is 0.150 e. The van der Waals surface area contributed by atoms with Crippen LogP contribution < -0.4 is 21.3 Å². The Morgan fingerprint density at radius 3 is 1.38 bits per heavy atom. The molecule has 0 saturated heterocycles. The van der Waals surface area contributed by atoms with Gasteiger partial charge >= 0.3 is 0 Å². The summed E-state index contributed by atoms with van der Waals surface area (Å²) in [5.41, 5.74) is 0. The van der Waals surface area contributed by atoms with Gasteiger partial charge in [0.25, 0.3) is 0 Å². The van der Waals surface area contributed by atoms with Gasteiger partial charge in [0, 0.05) is 48.8 Å². The zero-order valence-corrected chi connectivity index (χ0v) is 29.2. The van der Waals surface area contributed by atoms with Crippen molar-refractivity contribution in [1.82, 2.24) is 21.3 Å². The Morgan fingerprint density at radius 2 is 0.952 bits per heavy atom. The predicted molar refractivity (Wildman–Crippen MR) is 179 cm³/mol. The van der Waals surface area contributed by atoms with Gasteiger partial charge in [0.2, 0.25) is 0 Å². The molecule has 0 aliphatic carbocycles. The largest absolute Gasteiger partial charge is 0.315 e. The fourth-order valence-corrected chi connectivity index (χ4v) is 5.45. The first kappa shape index (κ1) is 40.9. The molecule has 42 heavy (non-hydrogen) atoms. The molecule has 3 atom stereocenters. The van der Waals surface area contributed by atoms with Crippen LogP contribution in [-0.2, 0) is 14.4 Å². The summed E-state index contributed by atoms with van der Waals surface area (Å²) in [7, 11) is 0. The zero-order valence-electron chi connectivity index (χ0n) is 29.2. The average Bonchev–Trinajstić information content (AvgIpc) is 2.88. The summed E-state index contributed by atoms with van der Waals surface area (Å²) in [5.74, 6) is 0.346. The SMILES string of the molecule is CC(C)NCCCCC(NC(C)C)C(=O)CCCCCC(CC(=O)C(CCCCNC(C)C)NC(C)C)C(=O)C(C)C. The lowest BCUT2D eigenvalue weighted by Gasteiger charge is -2.24. The third-order valence-corrected chi connectivity index (χ3v) is 7.69. The lowest BCUT2D eigenvalue weighted by molar-refractivity contribution is -0.131. The van der Waals surface area contributed by atoms with Crippen molar-refractivity contribution in [2.24, 2.45) is 11.8 Å². The maximum absolute atomic E-state index is 13.4. The molecule has 0 fully saturated rings. The lowest BCUT2D eigenvalue weighted by Crippen LogP contribution is -2.42. The molecule has 0 amide bonds. The fourth-order valence-electron chi connectivity index (χ4n) is 5.45. The van der Waals surface area contributed by atoms with Crippen molar-refractivity contribution in [2.75, 3.05) is 13.1 Å². The third-order valence-electron chi connectivity index (χ3n) is 7.69. The molecule has 3 unspecified atom stereocenters. The normalized spacial score (nSPS) is 14.4. The Balaban J connectivity index is 4.86. The van der Waals surface area contributed by atoms with Gasteiger partial charge in [-0.25, -0.2) is 0 Å².